The third kappa shape index (κ3) is 5.11. The maximum atomic E-state index is 6.98. The van der Waals surface area contributed by atoms with E-state index in [0.29, 0.717) is 17.5 Å². The lowest BCUT2D eigenvalue weighted by Crippen LogP contribution is -2.42. The van der Waals surface area contributed by atoms with Crippen LogP contribution in [0.5, 0.6) is 0 Å². The molecule has 3 aromatic heterocycles. The van der Waals surface area contributed by atoms with Gasteiger partial charge in [0.1, 0.15) is 22.3 Å². The fraction of sp³-hybridized carbons (Fsp3) is 0.212. The number of aromatic nitrogens is 3. The Labute approximate surface area is 330 Å². The first-order chi connectivity index (χ1) is 28.0. The largest absolute Gasteiger partial charge is 0.455 e. The highest BCUT2D eigenvalue weighted by Gasteiger charge is 2.45. The summed E-state index contributed by atoms with van der Waals surface area (Å²) >= 11 is 0. The molecule has 57 heavy (non-hydrogen) atoms. The molecule has 0 saturated heterocycles. The van der Waals surface area contributed by atoms with Crippen LogP contribution < -0.4 is 0 Å². The average molecular weight is 740 g/mol. The fourth-order valence-corrected chi connectivity index (χ4v) is 11.2. The highest BCUT2D eigenvalue weighted by atomic mass is 16.3. The van der Waals surface area contributed by atoms with Gasteiger partial charge in [-0.2, -0.15) is 0 Å². The first-order valence-electron chi connectivity index (χ1n) is 20.5. The lowest BCUT2D eigenvalue weighted by molar-refractivity contribution is 0.0780. The smallest absolute Gasteiger partial charge is 0.167 e. The van der Waals surface area contributed by atoms with E-state index in [1.807, 2.05) is 12.1 Å². The van der Waals surface area contributed by atoms with Gasteiger partial charge >= 0.3 is 0 Å². The molecule has 10 aromatic rings. The van der Waals surface area contributed by atoms with E-state index in [-0.39, 0.29) is 5.41 Å². The second kappa shape index (κ2) is 12.3. The van der Waals surface area contributed by atoms with Crippen molar-refractivity contribution in [2.45, 2.75) is 51.4 Å². The van der Waals surface area contributed by atoms with E-state index < -0.39 is 0 Å². The van der Waals surface area contributed by atoms with Gasteiger partial charge in [0.25, 0.3) is 0 Å². The molecule has 2 aliphatic rings. The van der Waals surface area contributed by atoms with E-state index in [1.54, 1.807) is 0 Å². The topological polar surface area (TPSA) is 65.0 Å². The Bertz CT molecular complexity index is 3210. The number of hydrogen-bond acceptors (Lipinski definition) is 5. The van der Waals surface area contributed by atoms with Crippen LogP contribution in [0, 0.1) is 17.8 Å². The van der Waals surface area contributed by atoms with Crippen LogP contribution in [0.1, 0.15) is 51.5 Å². The molecule has 5 heteroatoms. The molecule has 2 aliphatic carbocycles. The van der Waals surface area contributed by atoms with Crippen LogP contribution in [0.3, 0.4) is 0 Å². The molecule has 2 atom stereocenters. The monoisotopic (exact) mass is 739 g/mol. The summed E-state index contributed by atoms with van der Waals surface area (Å²) in [6.45, 7) is 4.91. The number of hydrogen-bond donors (Lipinski definition) is 0. The maximum absolute atomic E-state index is 6.98. The van der Waals surface area contributed by atoms with Crippen molar-refractivity contribution in [1.82, 2.24) is 15.0 Å². The minimum Gasteiger partial charge on any atom is -0.455 e. The summed E-state index contributed by atoms with van der Waals surface area (Å²) in [7, 11) is 0. The van der Waals surface area contributed by atoms with Crippen LogP contribution in [0.25, 0.3) is 99.6 Å². The molecular weight excluding hydrogens is 699 g/mol. The molecule has 0 spiro atoms. The van der Waals surface area contributed by atoms with Gasteiger partial charge in [-0.1, -0.05) is 123 Å². The summed E-state index contributed by atoms with van der Waals surface area (Å²) < 4.78 is 13.5. The number of rotatable bonds is 4. The third-order valence-corrected chi connectivity index (χ3v) is 13.3. The molecule has 0 N–H and O–H groups in total. The Kier molecular flexibility index (Phi) is 7.11. The van der Waals surface area contributed by atoms with E-state index in [2.05, 4.69) is 135 Å². The maximum Gasteiger partial charge on any atom is 0.167 e. The predicted molar refractivity (Wildman–Crippen MR) is 232 cm³/mol. The predicted octanol–water partition coefficient (Wildman–Crippen LogP) is 14.1. The Morgan fingerprint density at radius 3 is 1.96 bits per heavy atom. The van der Waals surface area contributed by atoms with Crippen LogP contribution in [0.4, 0.5) is 0 Å². The molecule has 0 aliphatic heterocycles. The second-order valence-electron chi connectivity index (χ2n) is 17.2. The summed E-state index contributed by atoms with van der Waals surface area (Å²) in [4.78, 5) is 15.9. The van der Waals surface area contributed by atoms with E-state index in [1.165, 1.54) is 37.7 Å². The molecular formula is C52H41N3O2. The van der Waals surface area contributed by atoms with Crippen LogP contribution in [-0.2, 0) is 5.41 Å². The molecule has 12 rings (SSSR count). The van der Waals surface area contributed by atoms with Crippen molar-refractivity contribution < 1.29 is 8.83 Å². The van der Waals surface area contributed by atoms with Crippen molar-refractivity contribution >= 4 is 65.4 Å². The van der Waals surface area contributed by atoms with Crippen molar-refractivity contribution in [3.05, 3.63) is 139 Å². The number of furan rings is 2. The van der Waals surface area contributed by atoms with E-state index >= 15 is 0 Å². The number of benzene rings is 7. The lowest BCUT2D eigenvalue weighted by Gasteiger charge is -2.50. The zero-order valence-electron chi connectivity index (χ0n) is 32.1. The molecule has 0 amide bonds. The molecule has 2 unspecified atom stereocenters. The minimum atomic E-state index is 0.243. The Morgan fingerprint density at radius 1 is 0.491 bits per heavy atom. The second-order valence-corrected chi connectivity index (χ2v) is 17.2. The summed E-state index contributed by atoms with van der Waals surface area (Å²) in [5.41, 5.74) is 7.58. The molecule has 2 fully saturated rings. The van der Waals surface area contributed by atoms with Gasteiger partial charge in [-0.25, -0.2) is 15.0 Å². The average Bonchev–Trinajstić information content (AvgIpc) is 3.82. The molecule has 276 valence electrons. The zero-order valence-corrected chi connectivity index (χ0v) is 32.1. The first kappa shape index (κ1) is 32.9. The standard InChI is InChI=1S/C52H41N3O2/c1-30-24-32-25-31(2)28-52(27-30,29-32)36-21-18-34(19-22-36)49-53-50(42-16-9-15-40-39-14-7-8-17-44(39)56-47(40)42)55-51(54-49)43-26-35-11-4-5-12-37(35)45-41-23-20-33-10-3-6-13-38(33)46(41)57-48(43)45/h3-23,26,30-32H,24-25,27-29H2,1-2H3. The SMILES string of the molecule is CC1CC2CC(C)CC(c3ccc(-c4nc(-c5cccc6c5oc5ccccc56)nc(-c5cc6ccccc6c6c5oc5c7ccccc7ccc56)n4)cc3)(C1)C2. The van der Waals surface area contributed by atoms with Crippen molar-refractivity contribution in [3.8, 4) is 34.2 Å². The van der Waals surface area contributed by atoms with Gasteiger partial charge < -0.3 is 8.83 Å². The minimum absolute atomic E-state index is 0.243. The van der Waals surface area contributed by atoms with Crippen LogP contribution in [-0.4, -0.2) is 15.0 Å². The van der Waals surface area contributed by atoms with Gasteiger partial charge in [-0.05, 0) is 101 Å². The van der Waals surface area contributed by atoms with Crippen molar-refractivity contribution in [2.24, 2.45) is 17.8 Å². The highest BCUT2D eigenvalue weighted by Crippen LogP contribution is 2.54. The van der Waals surface area contributed by atoms with Gasteiger partial charge in [0.05, 0.1) is 11.1 Å². The summed E-state index contributed by atoms with van der Waals surface area (Å²) in [5, 5.41) is 8.71. The summed E-state index contributed by atoms with van der Waals surface area (Å²) in [6, 6.07) is 47.1. The van der Waals surface area contributed by atoms with Crippen molar-refractivity contribution in [1.29, 1.82) is 0 Å². The van der Waals surface area contributed by atoms with Gasteiger partial charge in [0, 0.05) is 32.5 Å². The van der Waals surface area contributed by atoms with Gasteiger partial charge in [0.15, 0.2) is 17.5 Å². The van der Waals surface area contributed by atoms with E-state index in [9.17, 15) is 0 Å². The fourth-order valence-electron chi connectivity index (χ4n) is 11.2. The molecule has 5 nitrogen and oxygen atoms in total. The summed E-state index contributed by atoms with van der Waals surface area (Å²) in [5.74, 6) is 4.08. The van der Waals surface area contributed by atoms with Crippen molar-refractivity contribution in [2.75, 3.05) is 0 Å². The van der Waals surface area contributed by atoms with Gasteiger partial charge in [-0.15, -0.1) is 0 Å². The van der Waals surface area contributed by atoms with E-state index in [0.717, 1.165) is 99.9 Å². The molecule has 2 bridgehead atoms. The lowest BCUT2D eigenvalue weighted by atomic mass is 9.54. The van der Waals surface area contributed by atoms with Crippen LogP contribution in [0.2, 0.25) is 0 Å². The molecule has 0 radical (unpaired) electrons. The van der Waals surface area contributed by atoms with E-state index in [4.69, 9.17) is 23.8 Å². The Morgan fingerprint density at radius 2 is 1.16 bits per heavy atom. The number of fused-ring (bicyclic) bond motifs is 12. The normalized spacial score (nSPS) is 21.1. The quantitative estimate of drug-likeness (QED) is 0.180. The molecule has 3 heterocycles. The van der Waals surface area contributed by atoms with Crippen LogP contribution in [0.15, 0.2) is 142 Å². The highest BCUT2D eigenvalue weighted by molar-refractivity contribution is 6.25. The number of nitrogens with zero attached hydrogens (tertiary/aromatic N) is 3. The number of para-hydroxylation sites is 2. The van der Waals surface area contributed by atoms with Gasteiger partial charge in [-0.3, -0.25) is 0 Å². The Balaban J connectivity index is 1.10. The zero-order chi connectivity index (χ0) is 37.8. The molecule has 7 aromatic carbocycles. The van der Waals surface area contributed by atoms with Crippen molar-refractivity contribution in [3.63, 3.8) is 0 Å². The van der Waals surface area contributed by atoms with Gasteiger partial charge in [0.2, 0.25) is 0 Å². The molecule has 2 saturated carbocycles. The summed E-state index contributed by atoms with van der Waals surface area (Å²) in [6.07, 6.45) is 6.55. The first-order valence-corrected chi connectivity index (χ1v) is 20.5. The Hall–Kier alpha value is -6.33. The van der Waals surface area contributed by atoms with Crippen LogP contribution >= 0.6 is 0 Å². The third-order valence-electron chi connectivity index (χ3n) is 13.3.